The van der Waals surface area contributed by atoms with Crippen molar-refractivity contribution in [3.05, 3.63) is 0 Å². The van der Waals surface area contributed by atoms with Crippen LogP contribution in [0.5, 0.6) is 0 Å². The third-order valence-corrected chi connectivity index (χ3v) is 11.1. The summed E-state index contributed by atoms with van der Waals surface area (Å²) in [5.74, 6) is 0.813. The van der Waals surface area contributed by atoms with E-state index in [9.17, 15) is 13.2 Å². The summed E-state index contributed by atoms with van der Waals surface area (Å²) in [6, 6.07) is 0. The van der Waals surface area contributed by atoms with Gasteiger partial charge in [0.05, 0.1) is 11.5 Å². The Bertz CT molecular complexity index is 505. The van der Waals surface area contributed by atoms with Crippen molar-refractivity contribution < 1.29 is 16.8 Å². The van der Waals surface area contributed by atoms with Gasteiger partial charge in [-0.25, -0.2) is 3.63 Å². The first-order valence-corrected chi connectivity index (χ1v) is 13.4. The quantitative estimate of drug-likeness (QED) is 0.589. The molecule has 6 heteroatoms. The molecule has 0 aliphatic heterocycles. The molecule has 142 valence electrons. The van der Waals surface area contributed by atoms with Crippen molar-refractivity contribution in [2.75, 3.05) is 17.8 Å². The zero-order chi connectivity index (χ0) is 17.6. The lowest BCUT2D eigenvalue weighted by atomic mass is 10.0. The minimum absolute atomic E-state index is 0.0798. The number of hydrogen-bond acceptors (Lipinski definition) is 4. The second-order valence-corrected chi connectivity index (χ2v) is 12.8. The Labute approximate surface area is 149 Å². The van der Waals surface area contributed by atoms with Crippen molar-refractivity contribution in [2.24, 2.45) is 5.92 Å². The first kappa shape index (κ1) is 20.2. The molecular weight excluding hydrogens is 344 g/mol. The average Bonchev–Trinajstić information content (AvgIpc) is 3.08. The van der Waals surface area contributed by atoms with Crippen LogP contribution in [0, 0.1) is 5.92 Å². The molecule has 2 aliphatic rings. The van der Waals surface area contributed by atoms with Gasteiger partial charge in [-0.15, -0.1) is 10.3 Å². The van der Waals surface area contributed by atoms with Gasteiger partial charge >= 0.3 is 0 Å². The molecule has 0 aromatic heterocycles. The van der Waals surface area contributed by atoms with Gasteiger partial charge in [0.1, 0.15) is 5.78 Å². The molecule has 0 N–H and O–H groups in total. The van der Waals surface area contributed by atoms with Crippen molar-refractivity contribution in [2.45, 2.75) is 82.8 Å². The molecule has 2 aliphatic carbocycles. The molecule has 1 unspecified atom stereocenters. The maximum Gasteiger partial charge on any atom is 0.276 e. The van der Waals surface area contributed by atoms with E-state index in [1.165, 1.54) is 6.42 Å². The Morgan fingerprint density at radius 1 is 1.00 bits per heavy atom. The van der Waals surface area contributed by atoms with Crippen LogP contribution in [0.15, 0.2) is 0 Å². The second-order valence-electron chi connectivity index (χ2n) is 7.61. The van der Waals surface area contributed by atoms with Crippen LogP contribution >= 0.6 is 10.3 Å². The summed E-state index contributed by atoms with van der Waals surface area (Å²) in [7, 11) is -5.44. The summed E-state index contributed by atoms with van der Waals surface area (Å²) in [5, 5.41) is 0.257. The van der Waals surface area contributed by atoms with Gasteiger partial charge in [0.15, 0.2) is 0 Å². The number of unbranched alkanes of at least 4 members (excludes halogenated alkanes) is 1. The molecule has 0 spiro atoms. The lowest BCUT2D eigenvalue weighted by Crippen LogP contribution is -2.32. The molecule has 0 bridgehead atoms. The van der Waals surface area contributed by atoms with E-state index in [0.29, 0.717) is 12.2 Å². The molecule has 0 heterocycles. The molecule has 0 radical (unpaired) electrons. The van der Waals surface area contributed by atoms with Crippen molar-refractivity contribution in [1.82, 2.24) is 0 Å². The van der Waals surface area contributed by atoms with Crippen LogP contribution in [0.4, 0.5) is 0 Å². The van der Waals surface area contributed by atoms with Crippen LogP contribution < -0.4 is 0 Å². The highest BCUT2D eigenvalue weighted by atomic mass is 32.3. The van der Waals surface area contributed by atoms with E-state index in [2.05, 4.69) is 0 Å². The zero-order valence-electron chi connectivity index (χ0n) is 15.3. The van der Waals surface area contributed by atoms with Gasteiger partial charge in [-0.3, -0.25) is 4.79 Å². The molecule has 2 rings (SSSR count). The zero-order valence-corrected chi connectivity index (χ0v) is 16.9. The minimum atomic E-state index is -3.54. The van der Waals surface area contributed by atoms with E-state index in [-0.39, 0.29) is 22.7 Å². The van der Waals surface area contributed by atoms with Gasteiger partial charge in [0, 0.05) is 11.2 Å². The molecule has 24 heavy (non-hydrogen) atoms. The molecule has 0 saturated heterocycles. The Hall–Kier alpha value is -0.0700. The van der Waals surface area contributed by atoms with E-state index < -0.39 is 20.4 Å². The summed E-state index contributed by atoms with van der Waals surface area (Å²) in [5.41, 5.74) is 0. The largest absolute Gasteiger partial charge is 0.298 e. The van der Waals surface area contributed by atoms with Crippen molar-refractivity contribution in [3.8, 4) is 0 Å². The Morgan fingerprint density at radius 3 is 2.17 bits per heavy atom. The third kappa shape index (κ3) is 5.73. The number of ketones is 1. The molecule has 2 saturated carbocycles. The number of rotatable bonds is 9. The Balaban J connectivity index is 2.12. The number of Topliss-reactive ketones (excluding diaryl/α,β-unsaturated/α-hetero) is 1. The van der Waals surface area contributed by atoms with E-state index in [0.717, 1.165) is 57.8 Å². The average molecular weight is 379 g/mol. The molecule has 1 atom stereocenters. The fraction of sp³-hybridized carbons (Fsp3) is 0.944. The van der Waals surface area contributed by atoms with Gasteiger partial charge in [-0.2, -0.15) is 8.42 Å². The van der Waals surface area contributed by atoms with Crippen molar-refractivity contribution in [1.29, 1.82) is 0 Å². The molecular formula is C18H34O4S2. The standard InChI is InChI=1S/C18H34O4S2/c1-3-4-14-24(20,21)22-23(2,17-12-6-5-7-13-17)15-18(19)16-10-8-9-11-16/h16-17H,3-15H2,1-2H3. The molecule has 4 nitrogen and oxygen atoms in total. The first-order chi connectivity index (χ1) is 11.4. The van der Waals surface area contributed by atoms with Crippen LogP contribution in [0.25, 0.3) is 0 Å². The number of carbonyl (C=O) groups is 1. The third-order valence-electron chi connectivity index (χ3n) is 5.50. The summed E-state index contributed by atoms with van der Waals surface area (Å²) < 4.78 is 30.7. The van der Waals surface area contributed by atoms with E-state index >= 15 is 0 Å². The Morgan fingerprint density at radius 2 is 1.58 bits per heavy atom. The molecule has 2 fully saturated rings. The summed E-state index contributed by atoms with van der Waals surface area (Å²) >= 11 is 0. The highest BCUT2D eigenvalue weighted by Gasteiger charge is 2.39. The van der Waals surface area contributed by atoms with Crippen LogP contribution in [-0.2, 0) is 18.5 Å². The highest BCUT2D eigenvalue weighted by molar-refractivity contribution is 8.33. The van der Waals surface area contributed by atoms with Crippen LogP contribution in [-0.4, -0.2) is 37.2 Å². The maximum absolute atomic E-state index is 12.7. The Kier molecular flexibility index (Phi) is 7.62. The molecule has 0 amide bonds. The summed E-state index contributed by atoms with van der Waals surface area (Å²) in [6.07, 6.45) is 13.1. The van der Waals surface area contributed by atoms with Gasteiger partial charge in [0.25, 0.3) is 10.1 Å². The fourth-order valence-electron chi connectivity index (χ4n) is 4.00. The lowest BCUT2D eigenvalue weighted by molar-refractivity contribution is -0.120. The fourth-order valence-corrected chi connectivity index (χ4v) is 9.81. The normalized spacial score (nSPS) is 24.6. The smallest absolute Gasteiger partial charge is 0.276 e. The maximum atomic E-state index is 12.7. The molecule has 0 aromatic rings. The van der Waals surface area contributed by atoms with Gasteiger partial charge in [0.2, 0.25) is 0 Å². The minimum Gasteiger partial charge on any atom is -0.298 e. The predicted octanol–water partition coefficient (Wildman–Crippen LogP) is 4.57. The van der Waals surface area contributed by atoms with E-state index in [4.69, 9.17) is 3.63 Å². The monoisotopic (exact) mass is 378 g/mol. The number of hydrogen-bond donors (Lipinski definition) is 0. The highest BCUT2D eigenvalue weighted by Crippen LogP contribution is 2.56. The SMILES string of the molecule is CCCCS(=O)(=O)OS(C)(CC(=O)C1CCCC1)C1CCCCC1. The van der Waals surface area contributed by atoms with E-state index in [1.54, 1.807) is 0 Å². The van der Waals surface area contributed by atoms with Crippen LogP contribution in [0.3, 0.4) is 0 Å². The number of carbonyl (C=O) groups excluding carboxylic acids is 1. The topological polar surface area (TPSA) is 60.4 Å². The van der Waals surface area contributed by atoms with Gasteiger partial charge in [-0.1, -0.05) is 45.4 Å². The first-order valence-electron chi connectivity index (χ1n) is 9.57. The van der Waals surface area contributed by atoms with Crippen molar-refractivity contribution in [3.63, 3.8) is 0 Å². The van der Waals surface area contributed by atoms with Crippen LogP contribution in [0.2, 0.25) is 0 Å². The van der Waals surface area contributed by atoms with Crippen molar-refractivity contribution >= 4 is 26.2 Å². The lowest BCUT2D eigenvalue weighted by Gasteiger charge is -2.43. The van der Waals surface area contributed by atoms with Crippen LogP contribution in [0.1, 0.15) is 77.6 Å². The molecule has 0 aromatic carbocycles. The second kappa shape index (κ2) is 9.04. The predicted molar refractivity (Wildman–Crippen MR) is 102 cm³/mol. The van der Waals surface area contributed by atoms with E-state index in [1.807, 2.05) is 13.2 Å². The van der Waals surface area contributed by atoms with Gasteiger partial charge in [-0.05, 0) is 38.4 Å². The summed E-state index contributed by atoms with van der Waals surface area (Å²) in [6.45, 7) is 1.98. The van der Waals surface area contributed by atoms with Gasteiger partial charge < -0.3 is 0 Å². The summed E-state index contributed by atoms with van der Waals surface area (Å²) in [4.78, 5) is 12.7.